The molecule has 7 nitrogen and oxygen atoms in total. The van der Waals surface area contributed by atoms with Gasteiger partial charge < -0.3 is 9.15 Å². The second-order valence-corrected chi connectivity index (χ2v) is 7.44. The normalized spacial score (nSPS) is 12.1. The minimum atomic E-state index is -0.0639. The summed E-state index contributed by atoms with van der Waals surface area (Å²) < 4.78 is 13.0. The zero-order valence-electron chi connectivity index (χ0n) is 15.7. The first-order chi connectivity index (χ1) is 13.7. The average Bonchev–Trinajstić information content (AvgIpc) is 3.35. The highest BCUT2D eigenvalue weighted by molar-refractivity contribution is 7.99. The predicted molar refractivity (Wildman–Crippen MR) is 107 cm³/mol. The van der Waals surface area contributed by atoms with Crippen LogP contribution >= 0.6 is 11.8 Å². The van der Waals surface area contributed by atoms with E-state index in [0.717, 1.165) is 28.0 Å². The molecule has 0 saturated carbocycles. The number of aromatic nitrogens is 5. The van der Waals surface area contributed by atoms with Gasteiger partial charge in [0, 0.05) is 18.2 Å². The topological polar surface area (TPSA) is 78.9 Å². The Hall–Kier alpha value is -3.13. The monoisotopic (exact) mass is 393 g/mol. The average molecular weight is 393 g/mol. The van der Waals surface area contributed by atoms with Crippen LogP contribution in [0.25, 0.3) is 17.1 Å². The van der Waals surface area contributed by atoms with Crippen molar-refractivity contribution in [2.45, 2.75) is 24.3 Å². The largest absolute Gasteiger partial charge is 0.497 e. The summed E-state index contributed by atoms with van der Waals surface area (Å²) in [6.07, 6.45) is 0. The van der Waals surface area contributed by atoms with Gasteiger partial charge in [-0.1, -0.05) is 42.1 Å². The van der Waals surface area contributed by atoms with E-state index < -0.39 is 0 Å². The molecule has 0 fully saturated rings. The molecule has 1 atom stereocenters. The molecule has 0 bridgehead atoms. The molecule has 0 saturated heterocycles. The Bertz CT molecular complexity index is 1080. The lowest BCUT2D eigenvalue weighted by atomic mass is 10.2. The number of para-hydroxylation sites is 1. The number of hydrogen-bond acceptors (Lipinski definition) is 7. The molecule has 142 valence electrons. The summed E-state index contributed by atoms with van der Waals surface area (Å²) in [4.78, 5) is 0. The summed E-state index contributed by atoms with van der Waals surface area (Å²) >= 11 is 1.52. The molecule has 2 heterocycles. The van der Waals surface area contributed by atoms with E-state index in [1.165, 1.54) is 11.8 Å². The van der Waals surface area contributed by atoms with E-state index in [-0.39, 0.29) is 5.25 Å². The molecule has 8 heteroatoms. The third-order valence-corrected chi connectivity index (χ3v) is 5.18. The lowest BCUT2D eigenvalue weighted by molar-refractivity contribution is 0.415. The number of hydrogen-bond donors (Lipinski definition) is 0. The summed E-state index contributed by atoms with van der Waals surface area (Å²) in [7, 11) is 1.65. The van der Waals surface area contributed by atoms with Gasteiger partial charge in [-0.25, -0.2) is 0 Å². The van der Waals surface area contributed by atoms with Crippen molar-refractivity contribution in [3.63, 3.8) is 0 Å². The zero-order valence-corrected chi connectivity index (χ0v) is 16.6. The lowest BCUT2D eigenvalue weighted by Gasteiger charge is -2.12. The molecule has 0 amide bonds. The van der Waals surface area contributed by atoms with Gasteiger partial charge >= 0.3 is 0 Å². The minimum Gasteiger partial charge on any atom is -0.497 e. The van der Waals surface area contributed by atoms with Gasteiger partial charge in [0.2, 0.25) is 11.8 Å². The Labute approximate surface area is 166 Å². The van der Waals surface area contributed by atoms with Crippen LogP contribution in [0.15, 0.2) is 64.2 Å². The quantitative estimate of drug-likeness (QED) is 0.447. The van der Waals surface area contributed by atoms with Gasteiger partial charge in [-0.3, -0.25) is 4.57 Å². The highest BCUT2D eigenvalue weighted by Gasteiger charge is 2.21. The van der Waals surface area contributed by atoms with Gasteiger partial charge in [-0.15, -0.1) is 20.4 Å². The molecular weight excluding hydrogens is 374 g/mol. The van der Waals surface area contributed by atoms with Crippen LogP contribution in [-0.4, -0.2) is 32.1 Å². The van der Waals surface area contributed by atoms with Crippen molar-refractivity contribution in [1.29, 1.82) is 0 Å². The van der Waals surface area contributed by atoms with Crippen molar-refractivity contribution in [3.8, 4) is 22.8 Å². The first-order valence-corrected chi connectivity index (χ1v) is 9.65. The molecule has 4 aromatic rings. The van der Waals surface area contributed by atoms with Crippen molar-refractivity contribution in [1.82, 2.24) is 25.0 Å². The number of benzene rings is 2. The third-order valence-electron chi connectivity index (χ3n) is 4.15. The van der Waals surface area contributed by atoms with E-state index in [1.54, 1.807) is 14.0 Å². The summed E-state index contributed by atoms with van der Waals surface area (Å²) in [6.45, 7) is 3.79. The van der Waals surface area contributed by atoms with E-state index in [0.29, 0.717) is 11.8 Å². The molecule has 0 aliphatic carbocycles. The second-order valence-electron chi connectivity index (χ2n) is 6.13. The standard InChI is InChI=1S/C20H19N5O2S/c1-13(19-23-21-14(2)27-19)28-20-24-22-18(15-8-7-11-17(12-15)26-3)25(20)16-9-5-4-6-10-16/h4-13H,1-3H3/t13-/m1/s1. The molecular formula is C20H19N5O2S. The zero-order chi connectivity index (χ0) is 19.5. The van der Waals surface area contributed by atoms with Gasteiger partial charge in [-0.05, 0) is 31.2 Å². The summed E-state index contributed by atoms with van der Waals surface area (Å²) in [5.41, 5.74) is 1.89. The maximum absolute atomic E-state index is 5.57. The van der Waals surface area contributed by atoms with E-state index in [4.69, 9.17) is 9.15 Å². The molecule has 0 unspecified atom stereocenters. The van der Waals surface area contributed by atoms with Crippen LogP contribution in [0, 0.1) is 6.92 Å². The number of methoxy groups -OCH3 is 1. The highest BCUT2D eigenvalue weighted by Crippen LogP contribution is 2.36. The third kappa shape index (κ3) is 3.63. The van der Waals surface area contributed by atoms with Gasteiger partial charge in [0.1, 0.15) is 5.75 Å². The van der Waals surface area contributed by atoms with Crippen LogP contribution in [0.2, 0.25) is 0 Å². The SMILES string of the molecule is COc1cccc(-c2nnc(S[C@H](C)c3nnc(C)o3)n2-c2ccccc2)c1. The molecule has 0 N–H and O–H groups in total. The number of rotatable bonds is 6. The number of aryl methyl sites for hydroxylation is 1. The fraction of sp³-hybridized carbons (Fsp3) is 0.200. The van der Waals surface area contributed by atoms with Gasteiger partial charge in [0.15, 0.2) is 11.0 Å². The predicted octanol–water partition coefficient (Wildman–Crippen LogP) is 4.49. The Morgan fingerprint density at radius 1 is 1.00 bits per heavy atom. The Kier molecular flexibility index (Phi) is 5.12. The Morgan fingerprint density at radius 2 is 1.82 bits per heavy atom. The van der Waals surface area contributed by atoms with Crippen molar-refractivity contribution in [3.05, 3.63) is 66.4 Å². The summed E-state index contributed by atoms with van der Waals surface area (Å²) in [5.74, 6) is 2.61. The van der Waals surface area contributed by atoms with Gasteiger partial charge in [-0.2, -0.15) is 0 Å². The molecule has 0 aliphatic heterocycles. The second kappa shape index (κ2) is 7.85. The van der Waals surface area contributed by atoms with Crippen LogP contribution in [0.5, 0.6) is 5.75 Å². The number of ether oxygens (including phenoxy) is 1. The summed E-state index contributed by atoms with van der Waals surface area (Å²) in [6, 6.07) is 17.8. The van der Waals surface area contributed by atoms with Gasteiger partial charge in [0.25, 0.3) is 0 Å². The maximum atomic E-state index is 5.57. The first-order valence-electron chi connectivity index (χ1n) is 8.77. The number of nitrogens with zero attached hydrogens (tertiary/aromatic N) is 5. The van der Waals surface area contributed by atoms with Crippen LogP contribution in [-0.2, 0) is 0 Å². The Balaban J connectivity index is 1.77. The van der Waals surface area contributed by atoms with E-state index >= 15 is 0 Å². The fourth-order valence-corrected chi connectivity index (χ4v) is 3.69. The van der Waals surface area contributed by atoms with Gasteiger partial charge in [0.05, 0.1) is 12.4 Å². The van der Waals surface area contributed by atoms with Crippen molar-refractivity contribution < 1.29 is 9.15 Å². The number of thioether (sulfide) groups is 1. The fourth-order valence-electron chi connectivity index (χ4n) is 2.79. The molecule has 0 aliphatic rings. The summed E-state index contributed by atoms with van der Waals surface area (Å²) in [5, 5.41) is 17.6. The van der Waals surface area contributed by atoms with Crippen LogP contribution in [0.3, 0.4) is 0 Å². The van der Waals surface area contributed by atoms with Crippen molar-refractivity contribution in [2.75, 3.05) is 7.11 Å². The van der Waals surface area contributed by atoms with Crippen LogP contribution < -0.4 is 4.74 Å². The molecule has 28 heavy (non-hydrogen) atoms. The van der Waals surface area contributed by atoms with Crippen molar-refractivity contribution >= 4 is 11.8 Å². The van der Waals surface area contributed by atoms with Crippen LogP contribution in [0.1, 0.15) is 24.0 Å². The maximum Gasteiger partial charge on any atom is 0.229 e. The van der Waals surface area contributed by atoms with Crippen LogP contribution in [0.4, 0.5) is 0 Å². The Morgan fingerprint density at radius 3 is 2.54 bits per heavy atom. The molecule has 0 spiro atoms. The minimum absolute atomic E-state index is 0.0639. The molecule has 2 aromatic heterocycles. The molecule has 4 rings (SSSR count). The van der Waals surface area contributed by atoms with E-state index in [9.17, 15) is 0 Å². The molecule has 2 aromatic carbocycles. The lowest BCUT2D eigenvalue weighted by Crippen LogP contribution is -2.01. The highest BCUT2D eigenvalue weighted by atomic mass is 32.2. The van der Waals surface area contributed by atoms with E-state index in [1.807, 2.05) is 66.1 Å². The van der Waals surface area contributed by atoms with Crippen molar-refractivity contribution in [2.24, 2.45) is 0 Å². The smallest absolute Gasteiger partial charge is 0.229 e. The first kappa shape index (κ1) is 18.2. The molecule has 0 radical (unpaired) electrons. The van der Waals surface area contributed by atoms with E-state index in [2.05, 4.69) is 20.4 Å².